The second-order valence-electron chi connectivity index (χ2n) is 3.46. The molecule has 0 radical (unpaired) electrons. The summed E-state index contributed by atoms with van der Waals surface area (Å²) in [5.41, 5.74) is 2.81. The molecule has 0 atom stereocenters. The third-order valence-electron chi connectivity index (χ3n) is 2.22. The lowest BCUT2D eigenvalue weighted by atomic mass is 10.1. The van der Waals surface area contributed by atoms with E-state index >= 15 is 0 Å². The molecule has 0 saturated carbocycles. The van der Waals surface area contributed by atoms with Crippen molar-refractivity contribution < 1.29 is 5.11 Å². The summed E-state index contributed by atoms with van der Waals surface area (Å²) in [5.74, 6) is 1.11. The Labute approximate surface area is 96.3 Å². The highest BCUT2D eigenvalue weighted by Crippen LogP contribution is 2.30. The lowest BCUT2D eigenvalue weighted by Gasteiger charge is -2.01. The Bertz CT molecular complexity index is 505. The maximum Gasteiger partial charge on any atom is 0.130 e. The molecule has 3 nitrogen and oxygen atoms in total. The number of phenols is 1. The molecule has 0 aliphatic rings. The molecule has 15 heavy (non-hydrogen) atoms. The summed E-state index contributed by atoms with van der Waals surface area (Å²) >= 11 is 3.25. The molecule has 0 aliphatic heterocycles. The number of halogens is 1. The molecule has 1 heterocycles. The van der Waals surface area contributed by atoms with Gasteiger partial charge < -0.3 is 10.1 Å². The van der Waals surface area contributed by atoms with Gasteiger partial charge in [-0.3, -0.25) is 0 Å². The average molecular weight is 267 g/mol. The third-order valence-corrected chi connectivity index (χ3v) is 2.89. The predicted molar refractivity (Wildman–Crippen MR) is 62.9 cm³/mol. The zero-order chi connectivity index (χ0) is 11.0. The number of H-pyrrole nitrogens is 1. The van der Waals surface area contributed by atoms with Crippen molar-refractivity contribution in [3.05, 3.63) is 34.2 Å². The topological polar surface area (TPSA) is 48.9 Å². The van der Waals surface area contributed by atoms with Crippen LogP contribution in [0.4, 0.5) is 0 Å². The third kappa shape index (κ3) is 1.90. The molecule has 2 aromatic rings. The Balaban J connectivity index is 2.54. The fourth-order valence-corrected chi connectivity index (χ4v) is 1.80. The molecular formula is C11H11BrN2O. The first-order valence-corrected chi connectivity index (χ1v) is 5.39. The van der Waals surface area contributed by atoms with E-state index in [0.29, 0.717) is 4.47 Å². The summed E-state index contributed by atoms with van der Waals surface area (Å²) in [6, 6.07) is 5.44. The molecule has 1 aromatic heterocycles. The van der Waals surface area contributed by atoms with Crippen molar-refractivity contribution in [3.8, 4) is 17.0 Å². The van der Waals surface area contributed by atoms with E-state index in [9.17, 15) is 5.11 Å². The van der Waals surface area contributed by atoms with Crippen molar-refractivity contribution in [2.75, 3.05) is 0 Å². The molecule has 0 unspecified atom stereocenters. The monoisotopic (exact) mass is 266 g/mol. The highest BCUT2D eigenvalue weighted by molar-refractivity contribution is 9.10. The van der Waals surface area contributed by atoms with Gasteiger partial charge in [0, 0.05) is 11.3 Å². The van der Waals surface area contributed by atoms with Gasteiger partial charge in [-0.1, -0.05) is 6.07 Å². The minimum atomic E-state index is 0.229. The number of nitrogens with one attached hydrogen (secondary N) is 1. The number of hydrogen-bond donors (Lipinski definition) is 2. The molecule has 0 amide bonds. The minimum absolute atomic E-state index is 0.229. The number of hydrogen-bond acceptors (Lipinski definition) is 2. The van der Waals surface area contributed by atoms with E-state index in [-0.39, 0.29) is 5.75 Å². The molecule has 4 heteroatoms. The molecule has 0 fully saturated rings. The summed E-state index contributed by atoms with van der Waals surface area (Å²) in [5, 5.41) is 9.57. The van der Waals surface area contributed by atoms with Gasteiger partial charge >= 0.3 is 0 Å². The number of imidazole rings is 1. The summed E-state index contributed by atoms with van der Waals surface area (Å²) in [7, 11) is 0. The van der Waals surface area contributed by atoms with Crippen molar-refractivity contribution in [3.63, 3.8) is 0 Å². The lowest BCUT2D eigenvalue weighted by molar-refractivity contribution is 0.472. The molecule has 0 aliphatic carbocycles. The van der Waals surface area contributed by atoms with E-state index in [1.807, 2.05) is 26.0 Å². The normalized spacial score (nSPS) is 10.6. The summed E-state index contributed by atoms with van der Waals surface area (Å²) in [6.45, 7) is 3.88. The molecule has 78 valence electrons. The zero-order valence-electron chi connectivity index (χ0n) is 8.50. The van der Waals surface area contributed by atoms with Gasteiger partial charge in [0.15, 0.2) is 0 Å². The Morgan fingerprint density at radius 1 is 1.33 bits per heavy atom. The highest BCUT2D eigenvalue weighted by Gasteiger charge is 2.08. The van der Waals surface area contributed by atoms with Crippen LogP contribution in [0.1, 0.15) is 11.5 Å². The van der Waals surface area contributed by atoms with E-state index in [0.717, 1.165) is 22.8 Å². The van der Waals surface area contributed by atoms with Crippen molar-refractivity contribution in [2.24, 2.45) is 0 Å². The van der Waals surface area contributed by atoms with Gasteiger partial charge in [-0.2, -0.15) is 0 Å². The predicted octanol–water partition coefficient (Wildman–Crippen LogP) is 3.16. The molecule has 2 N–H and O–H groups in total. The van der Waals surface area contributed by atoms with Gasteiger partial charge in [0.25, 0.3) is 0 Å². The van der Waals surface area contributed by atoms with Crippen LogP contribution >= 0.6 is 15.9 Å². The quantitative estimate of drug-likeness (QED) is 0.833. The van der Waals surface area contributed by atoms with Crippen molar-refractivity contribution in [2.45, 2.75) is 13.8 Å². The standard InChI is InChI=1S/C11H11BrN2O/c1-6-11(14-7(2)13-6)8-3-4-9(12)10(15)5-8/h3-5,15H,1-2H3,(H,13,14). The summed E-state index contributed by atoms with van der Waals surface area (Å²) < 4.78 is 0.691. The Kier molecular flexibility index (Phi) is 2.52. The summed E-state index contributed by atoms with van der Waals surface area (Å²) in [4.78, 5) is 7.50. The first-order valence-electron chi connectivity index (χ1n) is 4.60. The van der Waals surface area contributed by atoms with E-state index < -0.39 is 0 Å². The van der Waals surface area contributed by atoms with Gasteiger partial charge in [0.2, 0.25) is 0 Å². The maximum absolute atomic E-state index is 9.57. The fraction of sp³-hybridized carbons (Fsp3) is 0.182. The van der Waals surface area contributed by atoms with Crippen molar-refractivity contribution in [1.82, 2.24) is 9.97 Å². The second kappa shape index (κ2) is 3.70. The number of nitrogens with zero attached hydrogens (tertiary/aromatic N) is 1. The summed E-state index contributed by atoms with van der Waals surface area (Å²) in [6.07, 6.45) is 0. The van der Waals surface area contributed by atoms with E-state index in [2.05, 4.69) is 25.9 Å². The zero-order valence-corrected chi connectivity index (χ0v) is 10.1. The minimum Gasteiger partial charge on any atom is -0.507 e. The number of phenolic OH excluding ortho intramolecular Hbond substituents is 1. The van der Waals surface area contributed by atoms with Crippen molar-refractivity contribution >= 4 is 15.9 Å². The first-order chi connectivity index (χ1) is 7.08. The van der Waals surface area contributed by atoms with E-state index in [1.165, 1.54) is 0 Å². The van der Waals surface area contributed by atoms with Crippen LogP contribution < -0.4 is 0 Å². The number of aromatic hydroxyl groups is 1. The maximum atomic E-state index is 9.57. The van der Waals surface area contributed by atoms with Crippen LogP contribution in [0.25, 0.3) is 11.3 Å². The lowest BCUT2D eigenvalue weighted by Crippen LogP contribution is -1.81. The fourth-order valence-electron chi connectivity index (χ4n) is 1.55. The molecule has 1 aromatic carbocycles. The number of aromatic amines is 1. The van der Waals surface area contributed by atoms with Gasteiger partial charge in [-0.25, -0.2) is 4.98 Å². The first kappa shape index (κ1) is 10.2. The van der Waals surface area contributed by atoms with Gasteiger partial charge in [0.1, 0.15) is 11.6 Å². The van der Waals surface area contributed by atoms with E-state index in [4.69, 9.17) is 0 Å². The van der Waals surface area contributed by atoms with Crippen LogP contribution in [0.2, 0.25) is 0 Å². The van der Waals surface area contributed by atoms with Crippen molar-refractivity contribution in [1.29, 1.82) is 0 Å². The largest absolute Gasteiger partial charge is 0.507 e. The molecular weight excluding hydrogens is 256 g/mol. The number of aryl methyl sites for hydroxylation is 2. The van der Waals surface area contributed by atoms with Crippen LogP contribution in [0, 0.1) is 13.8 Å². The second-order valence-corrected chi connectivity index (χ2v) is 4.32. The van der Waals surface area contributed by atoms with Crippen LogP contribution in [0.15, 0.2) is 22.7 Å². The van der Waals surface area contributed by atoms with Crippen LogP contribution in [-0.2, 0) is 0 Å². The number of benzene rings is 1. The smallest absolute Gasteiger partial charge is 0.130 e. The Hall–Kier alpha value is -1.29. The highest BCUT2D eigenvalue weighted by atomic mass is 79.9. The SMILES string of the molecule is Cc1nc(-c2ccc(Br)c(O)c2)c(C)[nH]1. The van der Waals surface area contributed by atoms with Crippen LogP contribution in [0.3, 0.4) is 0 Å². The van der Waals surface area contributed by atoms with Crippen LogP contribution in [-0.4, -0.2) is 15.1 Å². The molecule has 2 rings (SSSR count). The Morgan fingerprint density at radius 2 is 2.07 bits per heavy atom. The molecule has 0 saturated heterocycles. The molecule has 0 bridgehead atoms. The number of rotatable bonds is 1. The van der Waals surface area contributed by atoms with Gasteiger partial charge in [0.05, 0.1) is 10.2 Å². The van der Waals surface area contributed by atoms with Crippen LogP contribution in [0.5, 0.6) is 5.75 Å². The number of aromatic nitrogens is 2. The van der Waals surface area contributed by atoms with Gasteiger partial charge in [-0.05, 0) is 41.9 Å². The molecule has 0 spiro atoms. The van der Waals surface area contributed by atoms with E-state index in [1.54, 1.807) is 6.07 Å². The average Bonchev–Trinajstić information content (AvgIpc) is 2.50. The van der Waals surface area contributed by atoms with Gasteiger partial charge in [-0.15, -0.1) is 0 Å². The Morgan fingerprint density at radius 3 is 2.60 bits per heavy atom.